The monoisotopic (exact) mass is 248 g/mol. The van der Waals surface area contributed by atoms with Crippen molar-refractivity contribution in [3.05, 3.63) is 28.8 Å². The molecule has 1 aromatic rings. The van der Waals surface area contributed by atoms with Gasteiger partial charge >= 0.3 is 5.97 Å². The van der Waals surface area contributed by atoms with Gasteiger partial charge in [-0.2, -0.15) is 0 Å². The van der Waals surface area contributed by atoms with E-state index in [0.29, 0.717) is 0 Å². The van der Waals surface area contributed by atoms with Crippen molar-refractivity contribution in [1.29, 1.82) is 0 Å². The Kier molecular flexibility index (Phi) is 3.44. The number of aromatic nitrogens is 1. The fourth-order valence-corrected chi connectivity index (χ4v) is 1.26. The molecule has 0 amide bonds. The zero-order valence-corrected chi connectivity index (χ0v) is 8.94. The lowest BCUT2D eigenvalue weighted by Crippen LogP contribution is -2.12. The van der Waals surface area contributed by atoms with Crippen molar-refractivity contribution in [3.63, 3.8) is 0 Å². The van der Waals surface area contributed by atoms with Crippen molar-refractivity contribution >= 4 is 29.1 Å². The van der Waals surface area contributed by atoms with Crippen molar-refractivity contribution < 1.29 is 18.3 Å². The highest BCUT2D eigenvalue weighted by molar-refractivity contribution is 6.30. The van der Waals surface area contributed by atoms with Crippen LogP contribution in [0.1, 0.15) is 16.1 Å². The maximum absolute atomic E-state index is 13.2. The Hall–Kier alpha value is -1.69. The fraction of sp³-hybridized carbons (Fsp3) is 0.111. The molecule has 0 radical (unpaired) electrons. The molecule has 0 unspecified atom stereocenters. The quantitative estimate of drug-likeness (QED) is 0.644. The van der Waals surface area contributed by atoms with Gasteiger partial charge in [-0.1, -0.05) is 18.2 Å². The van der Waals surface area contributed by atoms with Crippen LogP contribution in [0.4, 0.5) is 14.5 Å². The smallest absolute Gasteiger partial charge is 0.357 e. The summed E-state index contributed by atoms with van der Waals surface area (Å²) in [6.45, 7) is 2.93. The van der Waals surface area contributed by atoms with Gasteiger partial charge in [-0.05, 0) is 0 Å². The second kappa shape index (κ2) is 4.44. The average Bonchev–Trinajstić information content (AvgIpc) is 2.23. The Morgan fingerprint density at radius 1 is 1.62 bits per heavy atom. The van der Waals surface area contributed by atoms with Crippen LogP contribution < -0.4 is 5.73 Å². The number of rotatable bonds is 2. The molecule has 0 saturated carbocycles. The first-order valence-electron chi connectivity index (χ1n) is 3.97. The van der Waals surface area contributed by atoms with Crippen molar-refractivity contribution in [2.45, 2.75) is 0 Å². The summed E-state index contributed by atoms with van der Waals surface area (Å²) in [6, 6.07) is 0. The van der Waals surface area contributed by atoms with E-state index in [-0.39, 0.29) is 0 Å². The van der Waals surface area contributed by atoms with Crippen molar-refractivity contribution in [1.82, 2.24) is 4.98 Å². The first kappa shape index (κ1) is 12.4. The summed E-state index contributed by atoms with van der Waals surface area (Å²) in [5.41, 5.74) is 3.58. The maximum atomic E-state index is 13.2. The Morgan fingerprint density at radius 2 is 2.19 bits per heavy atom. The van der Waals surface area contributed by atoms with E-state index in [4.69, 9.17) is 17.3 Å². The van der Waals surface area contributed by atoms with Crippen molar-refractivity contribution in [2.24, 2.45) is 0 Å². The summed E-state index contributed by atoms with van der Waals surface area (Å²) < 4.78 is 30.6. The Balaban J connectivity index is 3.60. The van der Waals surface area contributed by atoms with E-state index in [1.807, 2.05) is 0 Å². The molecule has 0 aliphatic carbocycles. The SMILES string of the molecule is C=C(F)c1c(C(=O)OC)nc(Cl)c(F)c1N. The summed E-state index contributed by atoms with van der Waals surface area (Å²) in [6.07, 6.45) is 0. The first-order valence-corrected chi connectivity index (χ1v) is 4.35. The van der Waals surface area contributed by atoms with Gasteiger partial charge in [-0.3, -0.25) is 0 Å². The minimum atomic E-state index is -1.11. The normalized spacial score (nSPS) is 10.0. The third-order valence-electron chi connectivity index (χ3n) is 1.78. The number of carbonyl (C=O) groups is 1. The highest BCUT2D eigenvalue weighted by Gasteiger charge is 2.24. The maximum Gasteiger partial charge on any atom is 0.357 e. The topological polar surface area (TPSA) is 65.2 Å². The predicted molar refractivity (Wildman–Crippen MR) is 55.1 cm³/mol. The summed E-state index contributed by atoms with van der Waals surface area (Å²) >= 11 is 5.37. The molecule has 0 saturated heterocycles. The zero-order valence-electron chi connectivity index (χ0n) is 8.18. The number of hydrogen-bond donors (Lipinski definition) is 1. The molecule has 4 nitrogen and oxygen atoms in total. The van der Waals surface area contributed by atoms with Gasteiger partial charge in [0.25, 0.3) is 0 Å². The molecule has 1 heterocycles. The van der Waals surface area contributed by atoms with Gasteiger partial charge in [0.05, 0.1) is 18.4 Å². The minimum Gasteiger partial charge on any atom is -0.464 e. The van der Waals surface area contributed by atoms with E-state index in [1.165, 1.54) is 0 Å². The van der Waals surface area contributed by atoms with Crippen LogP contribution in [-0.4, -0.2) is 18.1 Å². The zero-order chi connectivity index (χ0) is 12.5. The Labute approximate surface area is 94.7 Å². The molecule has 0 aliphatic heterocycles. The number of anilines is 1. The van der Waals surface area contributed by atoms with Gasteiger partial charge in [0.15, 0.2) is 16.7 Å². The summed E-state index contributed by atoms with van der Waals surface area (Å²) in [4.78, 5) is 14.6. The molecule has 16 heavy (non-hydrogen) atoms. The van der Waals surface area contributed by atoms with Crippen LogP contribution in [0.5, 0.6) is 0 Å². The van der Waals surface area contributed by atoms with Crippen LogP contribution in [0.15, 0.2) is 6.58 Å². The Bertz CT molecular complexity index is 477. The van der Waals surface area contributed by atoms with Gasteiger partial charge in [0.2, 0.25) is 0 Å². The second-order valence-corrected chi connectivity index (χ2v) is 3.11. The van der Waals surface area contributed by atoms with Crippen molar-refractivity contribution in [3.8, 4) is 0 Å². The number of halogens is 3. The molecule has 0 fully saturated rings. The van der Waals surface area contributed by atoms with Crippen LogP contribution in [0.25, 0.3) is 5.83 Å². The van der Waals surface area contributed by atoms with Crippen LogP contribution in [-0.2, 0) is 4.74 Å². The number of nitrogens with two attached hydrogens (primary N) is 1. The highest BCUT2D eigenvalue weighted by Crippen LogP contribution is 2.30. The lowest BCUT2D eigenvalue weighted by atomic mass is 10.1. The minimum absolute atomic E-state index is 0.515. The number of methoxy groups -OCH3 is 1. The molecular formula is C9H7ClF2N2O2. The molecule has 2 N–H and O–H groups in total. The molecular weight excluding hydrogens is 242 g/mol. The molecule has 0 bridgehead atoms. The number of hydrogen-bond acceptors (Lipinski definition) is 4. The molecule has 1 rings (SSSR count). The lowest BCUT2D eigenvalue weighted by molar-refractivity contribution is 0.0593. The molecule has 1 aromatic heterocycles. The number of carbonyl (C=O) groups excluding carboxylic acids is 1. The predicted octanol–water partition coefficient (Wildman–Crippen LogP) is 2.18. The van der Waals surface area contributed by atoms with Gasteiger partial charge in [-0.15, -0.1) is 0 Å². The molecule has 0 aromatic carbocycles. The highest BCUT2D eigenvalue weighted by atomic mass is 35.5. The first-order chi connectivity index (χ1) is 7.40. The summed E-state index contributed by atoms with van der Waals surface area (Å²) in [5.74, 6) is -3.19. The summed E-state index contributed by atoms with van der Waals surface area (Å²) in [5, 5.41) is -0.636. The average molecular weight is 249 g/mol. The molecule has 0 atom stereocenters. The number of nitrogen functional groups attached to an aromatic ring is 1. The third kappa shape index (κ3) is 1.96. The number of esters is 1. The fourth-order valence-electron chi connectivity index (χ4n) is 1.07. The van der Waals surface area contributed by atoms with Gasteiger partial charge in [0.1, 0.15) is 5.83 Å². The molecule has 86 valence electrons. The van der Waals surface area contributed by atoms with E-state index in [0.717, 1.165) is 7.11 Å². The van der Waals surface area contributed by atoms with Crippen molar-refractivity contribution in [2.75, 3.05) is 12.8 Å². The van der Waals surface area contributed by atoms with Gasteiger partial charge in [-0.25, -0.2) is 18.6 Å². The lowest BCUT2D eigenvalue weighted by Gasteiger charge is -2.09. The number of nitrogens with zero attached hydrogens (tertiary/aromatic N) is 1. The molecule has 0 spiro atoms. The van der Waals surface area contributed by atoms with E-state index in [2.05, 4.69) is 16.3 Å². The third-order valence-corrected chi connectivity index (χ3v) is 2.03. The second-order valence-electron chi connectivity index (χ2n) is 2.75. The molecule has 7 heteroatoms. The largest absolute Gasteiger partial charge is 0.464 e. The van der Waals surface area contributed by atoms with E-state index in [1.54, 1.807) is 0 Å². The van der Waals surface area contributed by atoms with E-state index >= 15 is 0 Å². The van der Waals surface area contributed by atoms with E-state index < -0.39 is 39.7 Å². The van der Waals surface area contributed by atoms with Gasteiger partial charge < -0.3 is 10.5 Å². The number of ether oxygens (including phenoxy) is 1. The number of pyridine rings is 1. The van der Waals surface area contributed by atoms with E-state index in [9.17, 15) is 13.6 Å². The van der Waals surface area contributed by atoms with Crippen LogP contribution in [0.3, 0.4) is 0 Å². The Morgan fingerprint density at radius 3 is 2.62 bits per heavy atom. The standard InChI is InChI=1S/C9H7ClF2N2O2/c1-3(11)4-6(13)5(12)8(10)14-7(4)9(15)16-2/h1H2,2H3,(H2,13,14). The van der Waals surface area contributed by atoms with Crippen LogP contribution in [0, 0.1) is 5.82 Å². The van der Waals surface area contributed by atoms with Gasteiger partial charge in [0, 0.05) is 0 Å². The molecule has 0 aliphatic rings. The van der Waals surface area contributed by atoms with Crippen LogP contribution >= 0.6 is 11.6 Å². The summed E-state index contributed by atoms with van der Waals surface area (Å²) in [7, 11) is 1.06. The van der Waals surface area contributed by atoms with Crippen LogP contribution in [0.2, 0.25) is 5.15 Å².